The van der Waals surface area contributed by atoms with Crippen LogP contribution in [0.5, 0.6) is 0 Å². The fourth-order valence-corrected chi connectivity index (χ4v) is 2.36. The Bertz CT molecular complexity index is 411. The lowest BCUT2D eigenvalue weighted by Crippen LogP contribution is -2.52. The van der Waals surface area contributed by atoms with Crippen LogP contribution in [0.2, 0.25) is 0 Å². The summed E-state index contributed by atoms with van der Waals surface area (Å²) in [6.45, 7) is 6.60. The van der Waals surface area contributed by atoms with E-state index in [2.05, 4.69) is 22.2 Å². The maximum absolute atomic E-state index is 11.9. The van der Waals surface area contributed by atoms with E-state index >= 15 is 0 Å². The SMILES string of the molecule is CCCNC(C)(CSc1ncc(C)cn1)C(=O)OC. The largest absolute Gasteiger partial charge is 0.468 e. The molecule has 0 aromatic carbocycles. The van der Waals surface area contributed by atoms with Gasteiger partial charge >= 0.3 is 5.97 Å². The molecule has 0 saturated heterocycles. The van der Waals surface area contributed by atoms with E-state index in [-0.39, 0.29) is 5.97 Å². The molecule has 0 bridgehead atoms. The number of ether oxygens (including phenoxy) is 1. The molecule has 1 atom stereocenters. The van der Waals surface area contributed by atoms with E-state index in [4.69, 9.17) is 4.74 Å². The van der Waals surface area contributed by atoms with Crippen molar-refractivity contribution in [2.24, 2.45) is 0 Å². The molecule has 0 aliphatic carbocycles. The average molecular weight is 283 g/mol. The molecule has 1 heterocycles. The monoisotopic (exact) mass is 283 g/mol. The number of hydrogen-bond donors (Lipinski definition) is 1. The fraction of sp³-hybridized carbons (Fsp3) is 0.615. The van der Waals surface area contributed by atoms with Gasteiger partial charge in [0, 0.05) is 18.1 Å². The van der Waals surface area contributed by atoms with Gasteiger partial charge in [-0.15, -0.1) is 0 Å². The molecule has 106 valence electrons. The van der Waals surface area contributed by atoms with Gasteiger partial charge in [-0.3, -0.25) is 4.79 Å². The number of carbonyl (C=O) groups excluding carboxylic acids is 1. The Labute approximate surface area is 118 Å². The van der Waals surface area contributed by atoms with Crippen LogP contribution in [0.15, 0.2) is 17.6 Å². The molecule has 5 nitrogen and oxygen atoms in total. The number of rotatable bonds is 7. The van der Waals surface area contributed by atoms with Crippen molar-refractivity contribution in [2.75, 3.05) is 19.4 Å². The molecule has 0 saturated carbocycles. The van der Waals surface area contributed by atoms with Crippen LogP contribution in [0.25, 0.3) is 0 Å². The van der Waals surface area contributed by atoms with E-state index < -0.39 is 5.54 Å². The van der Waals surface area contributed by atoms with Gasteiger partial charge in [0.1, 0.15) is 5.54 Å². The molecule has 1 rings (SSSR count). The van der Waals surface area contributed by atoms with E-state index in [1.807, 2.05) is 13.8 Å². The van der Waals surface area contributed by atoms with Crippen molar-refractivity contribution in [3.63, 3.8) is 0 Å². The van der Waals surface area contributed by atoms with Gasteiger partial charge in [0.05, 0.1) is 7.11 Å². The maximum Gasteiger partial charge on any atom is 0.326 e. The van der Waals surface area contributed by atoms with Crippen molar-refractivity contribution < 1.29 is 9.53 Å². The number of nitrogens with one attached hydrogen (secondary N) is 1. The highest BCUT2D eigenvalue weighted by Gasteiger charge is 2.34. The molecule has 0 radical (unpaired) electrons. The van der Waals surface area contributed by atoms with Crippen molar-refractivity contribution in [1.29, 1.82) is 0 Å². The Kier molecular flexibility index (Phi) is 6.24. The standard InChI is InChI=1S/C13H21N3O2S/c1-5-6-16-13(3,11(17)18-4)9-19-12-14-7-10(2)8-15-12/h7-8,16H,5-6,9H2,1-4H3. The topological polar surface area (TPSA) is 64.1 Å². The van der Waals surface area contributed by atoms with Gasteiger partial charge in [0.15, 0.2) is 5.16 Å². The van der Waals surface area contributed by atoms with Crippen LogP contribution >= 0.6 is 11.8 Å². The first-order valence-electron chi connectivity index (χ1n) is 6.26. The number of aromatic nitrogens is 2. The fourth-order valence-electron chi connectivity index (χ4n) is 1.47. The second-order valence-corrected chi connectivity index (χ2v) is 5.52. The molecule has 0 spiro atoms. The quantitative estimate of drug-likeness (QED) is 0.468. The molecule has 1 unspecified atom stereocenters. The summed E-state index contributed by atoms with van der Waals surface area (Å²) in [6, 6.07) is 0. The number of thioether (sulfide) groups is 1. The molecular weight excluding hydrogens is 262 g/mol. The highest BCUT2D eigenvalue weighted by atomic mass is 32.2. The van der Waals surface area contributed by atoms with E-state index in [9.17, 15) is 4.79 Å². The number of aryl methyl sites for hydroxylation is 1. The van der Waals surface area contributed by atoms with Crippen LogP contribution in [-0.2, 0) is 9.53 Å². The van der Waals surface area contributed by atoms with Gasteiger partial charge in [0.2, 0.25) is 0 Å². The van der Waals surface area contributed by atoms with E-state index in [1.54, 1.807) is 12.4 Å². The van der Waals surface area contributed by atoms with Crippen LogP contribution < -0.4 is 5.32 Å². The maximum atomic E-state index is 11.9. The second-order valence-electron chi connectivity index (χ2n) is 4.58. The summed E-state index contributed by atoms with van der Waals surface area (Å²) in [5, 5.41) is 3.89. The van der Waals surface area contributed by atoms with Gasteiger partial charge in [-0.25, -0.2) is 9.97 Å². The molecule has 1 N–H and O–H groups in total. The summed E-state index contributed by atoms with van der Waals surface area (Å²) in [5.74, 6) is 0.267. The van der Waals surface area contributed by atoms with Crippen LogP contribution in [0.3, 0.4) is 0 Å². The smallest absolute Gasteiger partial charge is 0.326 e. The van der Waals surface area contributed by atoms with Crippen molar-refractivity contribution >= 4 is 17.7 Å². The Hall–Kier alpha value is -1.14. The predicted octanol–water partition coefficient (Wildman–Crippen LogP) is 1.81. The zero-order valence-corrected chi connectivity index (χ0v) is 12.7. The van der Waals surface area contributed by atoms with Gasteiger partial charge < -0.3 is 10.1 Å². The normalized spacial score (nSPS) is 13.9. The summed E-state index contributed by atoms with van der Waals surface area (Å²) >= 11 is 1.44. The van der Waals surface area contributed by atoms with Crippen molar-refractivity contribution in [2.45, 2.75) is 37.9 Å². The summed E-state index contributed by atoms with van der Waals surface area (Å²) in [7, 11) is 1.40. The molecule has 0 amide bonds. The highest BCUT2D eigenvalue weighted by Crippen LogP contribution is 2.20. The summed E-state index contributed by atoms with van der Waals surface area (Å²) in [5.41, 5.74) is 0.299. The molecule has 1 aromatic heterocycles. The Morgan fingerprint density at radius 2 is 2.11 bits per heavy atom. The van der Waals surface area contributed by atoms with Crippen molar-refractivity contribution in [3.05, 3.63) is 18.0 Å². The zero-order valence-electron chi connectivity index (χ0n) is 11.9. The Balaban J connectivity index is 2.67. The van der Waals surface area contributed by atoms with Gasteiger partial charge in [-0.2, -0.15) is 0 Å². The molecule has 0 aliphatic heterocycles. The number of esters is 1. The van der Waals surface area contributed by atoms with Crippen LogP contribution in [-0.4, -0.2) is 40.9 Å². The summed E-state index contributed by atoms with van der Waals surface area (Å²) < 4.78 is 4.86. The molecule has 0 fully saturated rings. The van der Waals surface area contributed by atoms with Gasteiger partial charge in [-0.05, 0) is 32.4 Å². The highest BCUT2D eigenvalue weighted by molar-refractivity contribution is 7.99. The molecule has 1 aromatic rings. The second kappa shape index (κ2) is 7.45. The Morgan fingerprint density at radius 3 is 2.63 bits per heavy atom. The summed E-state index contributed by atoms with van der Waals surface area (Å²) in [4.78, 5) is 20.3. The zero-order chi connectivity index (χ0) is 14.3. The average Bonchev–Trinajstić information content (AvgIpc) is 2.43. The first kappa shape index (κ1) is 15.9. The molecule has 6 heteroatoms. The number of carbonyl (C=O) groups is 1. The van der Waals surface area contributed by atoms with Crippen LogP contribution in [0.4, 0.5) is 0 Å². The lowest BCUT2D eigenvalue weighted by molar-refractivity contribution is -0.146. The third-order valence-corrected chi connectivity index (χ3v) is 3.84. The Morgan fingerprint density at radius 1 is 1.47 bits per heavy atom. The number of methoxy groups -OCH3 is 1. The lowest BCUT2D eigenvalue weighted by atomic mass is 10.1. The lowest BCUT2D eigenvalue weighted by Gasteiger charge is -2.27. The minimum absolute atomic E-state index is 0.263. The third-order valence-electron chi connectivity index (χ3n) is 2.65. The third kappa shape index (κ3) is 4.80. The first-order chi connectivity index (χ1) is 9.01. The molecule has 0 aliphatic rings. The summed E-state index contributed by atoms with van der Waals surface area (Å²) in [6.07, 6.45) is 4.49. The van der Waals surface area contributed by atoms with Crippen molar-refractivity contribution in [3.8, 4) is 0 Å². The van der Waals surface area contributed by atoms with Crippen molar-refractivity contribution in [1.82, 2.24) is 15.3 Å². The van der Waals surface area contributed by atoms with Gasteiger partial charge in [-0.1, -0.05) is 18.7 Å². The minimum Gasteiger partial charge on any atom is -0.468 e. The predicted molar refractivity (Wildman–Crippen MR) is 76.2 cm³/mol. The van der Waals surface area contributed by atoms with E-state index in [1.165, 1.54) is 18.9 Å². The number of nitrogens with zero attached hydrogens (tertiary/aromatic N) is 2. The minimum atomic E-state index is -0.719. The first-order valence-corrected chi connectivity index (χ1v) is 7.25. The van der Waals surface area contributed by atoms with Crippen LogP contribution in [0, 0.1) is 6.92 Å². The van der Waals surface area contributed by atoms with Gasteiger partial charge in [0.25, 0.3) is 0 Å². The van der Waals surface area contributed by atoms with Crippen LogP contribution in [0.1, 0.15) is 25.8 Å². The van der Waals surface area contributed by atoms with E-state index in [0.29, 0.717) is 10.9 Å². The number of hydrogen-bond acceptors (Lipinski definition) is 6. The molecular formula is C13H21N3O2S. The molecule has 19 heavy (non-hydrogen) atoms. The van der Waals surface area contributed by atoms with E-state index in [0.717, 1.165) is 18.5 Å².